The maximum atomic E-state index is 12.7. The third-order valence-corrected chi connectivity index (χ3v) is 5.09. The van der Waals surface area contributed by atoms with Crippen molar-refractivity contribution in [2.45, 2.75) is 59.7 Å². The second-order valence-corrected chi connectivity index (χ2v) is 8.34. The van der Waals surface area contributed by atoms with Gasteiger partial charge in [0.15, 0.2) is 6.10 Å². The molecule has 0 aliphatic carbocycles. The van der Waals surface area contributed by atoms with Gasteiger partial charge in [0, 0.05) is 23.2 Å². The average molecular weight is 436 g/mol. The summed E-state index contributed by atoms with van der Waals surface area (Å²) in [7, 11) is 0. The van der Waals surface area contributed by atoms with Crippen molar-refractivity contribution in [2.24, 2.45) is 0 Å². The van der Waals surface area contributed by atoms with Crippen LogP contribution < -0.4 is 0 Å². The van der Waals surface area contributed by atoms with E-state index in [4.69, 9.17) is 9.15 Å². The van der Waals surface area contributed by atoms with E-state index in [0.717, 1.165) is 11.1 Å². The molecule has 1 unspecified atom stereocenters. The fourth-order valence-electron chi connectivity index (χ4n) is 3.50. The van der Waals surface area contributed by atoms with Gasteiger partial charge < -0.3 is 14.1 Å². The summed E-state index contributed by atoms with van der Waals surface area (Å²) in [5, 5.41) is 8.20. The summed E-state index contributed by atoms with van der Waals surface area (Å²) in [4.78, 5) is 26.9. The molecule has 1 heterocycles. The van der Waals surface area contributed by atoms with Crippen molar-refractivity contribution < 1.29 is 18.7 Å². The number of nitrogens with zero attached hydrogens (tertiary/aromatic N) is 3. The molecule has 0 fully saturated rings. The van der Waals surface area contributed by atoms with Crippen LogP contribution in [0.4, 0.5) is 0 Å². The Morgan fingerprint density at radius 2 is 1.28 bits per heavy atom. The minimum atomic E-state index is -0.875. The van der Waals surface area contributed by atoms with Crippen molar-refractivity contribution in [1.29, 1.82) is 0 Å². The molecule has 7 heteroatoms. The van der Waals surface area contributed by atoms with Crippen LogP contribution in [0.5, 0.6) is 0 Å². The number of aryl methyl sites for hydroxylation is 1. The summed E-state index contributed by atoms with van der Waals surface area (Å²) < 4.78 is 11.2. The van der Waals surface area contributed by atoms with Crippen molar-refractivity contribution in [2.75, 3.05) is 0 Å². The maximum Gasteiger partial charge on any atom is 0.338 e. The lowest BCUT2D eigenvalue weighted by Gasteiger charge is -2.32. The van der Waals surface area contributed by atoms with Crippen LogP contribution in [0.25, 0.3) is 22.9 Å². The molecule has 0 saturated heterocycles. The molecule has 168 valence electrons. The van der Waals surface area contributed by atoms with Gasteiger partial charge in [-0.05, 0) is 77.9 Å². The molecule has 1 aromatic heterocycles. The molecular formula is C25H29N3O4. The van der Waals surface area contributed by atoms with Crippen molar-refractivity contribution in [3.63, 3.8) is 0 Å². The van der Waals surface area contributed by atoms with Crippen LogP contribution in [0, 0.1) is 6.92 Å². The summed E-state index contributed by atoms with van der Waals surface area (Å²) in [5.74, 6) is 0.00873. The number of esters is 1. The van der Waals surface area contributed by atoms with E-state index in [9.17, 15) is 9.59 Å². The number of carbonyl (C=O) groups is 2. The SMILES string of the molecule is Cc1ccc(-c2nnc(-c3ccc(C(=O)OC(C)C(=O)N(C(C)C)C(C)C)cc3)o2)cc1. The Kier molecular flexibility index (Phi) is 7.08. The summed E-state index contributed by atoms with van der Waals surface area (Å²) in [6.45, 7) is 11.4. The number of carbonyl (C=O) groups excluding carboxylic acids is 2. The predicted molar refractivity (Wildman–Crippen MR) is 122 cm³/mol. The summed E-state index contributed by atoms with van der Waals surface area (Å²) in [6, 6.07) is 14.5. The molecule has 0 aliphatic rings. The molecule has 32 heavy (non-hydrogen) atoms. The van der Waals surface area contributed by atoms with Crippen LogP contribution >= 0.6 is 0 Å². The Balaban J connectivity index is 1.68. The Bertz CT molecular complexity index is 1060. The largest absolute Gasteiger partial charge is 0.449 e. The highest BCUT2D eigenvalue weighted by atomic mass is 16.5. The predicted octanol–water partition coefficient (Wildman–Crippen LogP) is 4.90. The topological polar surface area (TPSA) is 85.5 Å². The minimum absolute atomic E-state index is 0.0159. The first-order valence-electron chi connectivity index (χ1n) is 10.7. The molecule has 0 bridgehead atoms. The number of ether oxygens (including phenoxy) is 1. The van der Waals surface area contributed by atoms with E-state index < -0.39 is 12.1 Å². The zero-order chi connectivity index (χ0) is 23.4. The molecule has 3 rings (SSSR count). The lowest BCUT2D eigenvalue weighted by atomic mass is 10.1. The summed E-state index contributed by atoms with van der Waals surface area (Å²) >= 11 is 0. The van der Waals surface area contributed by atoms with Crippen molar-refractivity contribution in [1.82, 2.24) is 15.1 Å². The molecule has 1 atom stereocenters. The number of hydrogen-bond donors (Lipinski definition) is 0. The standard InChI is InChI=1S/C25H29N3O4/c1-15(2)28(16(3)4)24(29)18(6)31-25(30)21-13-11-20(12-14-21)23-27-26-22(32-23)19-9-7-17(5)8-10-19/h7-16,18H,1-6H3. The fraction of sp³-hybridized carbons (Fsp3) is 0.360. The van der Waals surface area contributed by atoms with E-state index in [1.54, 1.807) is 36.1 Å². The van der Waals surface area contributed by atoms with Gasteiger partial charge in [-0.25, -0.2) is 4.79 Å². The highest BCUT2D eigenvalue weighted by molar-refractivity contribution is 5.92. The highest BCUT2D eigenvalue weighted by Crippen LogP contribution is 2.24. The molecule has 2 aromatic carbocycles. The smallest absolute Gasteiger partial charge is 0.338 e. The number of aromatic nitrogens is 2. The molecule has 1 amide bonds. The number of benzene rings is 2. The Labute approximate surface area is 188 Å². The molecule has 0 saturated carbocycles. The average Bonchev–Trinajstić information content (AvgIpc) is 3.24. The Hall–Kier alpha value is -3.48. The molecule has 0 N–H and O–H groups in total. The van der Waals surface area contributed by atoms with Gasteiger partial charge in [0.2, 0.25) is 11.8 Å². The van der Waals surface area contributed by atoms with E-state index in [1.807, 2.05) is 58.9 Å². The van der Waals surface area contributed by atoms with Gasteiger partial charge in [-0.2, -0.15) is 0 Å². The van der Waals surface area contributed by atoms with Gasteiger partial charge in [-0.1, -0.05) is 17.7 Å². The lowest BCUT2D eigenvalue weighted by Crippen LogP contribution is -2.47. The normalized spacial score (nSPS) is 12.1. The van der Waals surface area contributed by atoms with Crippen LogP contribution in [-0.4, -0.2) is 45.2 Å². The quantitative estimate of drug-likeness (QED) is 0.491. The van der Waals surface area contributed by atoms with Crippen LogP contribution in [0.15, 0.2) is 52.9 Å². The van der Waals surface area contributed by atoms with Crippen molar-refractivity contribution in [3.8, 4) is 22.9 Å². The van der Waals surface area contributed by atoms with Gasteiger partial charge in [-0.15, -0.1) is 10.2 Å². The molecule has 3 aromatic rings. The lowest BCUT2D eigenvalue weighted by molar-refractivity contribution is -0.143. The maximum absolute atomic E-state index is 12.7. The van der Waals surface area contributed by atoms with Crippen molar-refractivity contribution >= 4 is 11.9 Å². The zero-order valence-electron chi connectivity index (χ0n) is 19.3. The summed E-state index contributed by atoms with van der Waals surface area (Å²) in [5.41, 5.74) is 3.01. The van der Waals surface area contributed by atoms with Crippen LogP contribution in [-0.2, 0) is 9.53 Å². The molecule has 7 nitrogen and oxygen atoms in total. The van der Waals surface area contributed by atoms with Crippen LogP contribution in [0.3, 0.4) is 0 Å². The van der Waals surface area contributed by atoms with Crippen LogP contribution in [0.2, 0.25) is 0 Å². The van der Waals surface area contributed by atoms with Gasteiger partial charge in [-0.3, -0.25) is 4.79 Å². The number of rotatable bonds is 7. The van der Waals surface area contributed by atoms with E-state index in [0.29, 0.717) is 22.9 Å². The van der Waals surface area contributed by atoms with Crippen LogP contribution in [0.1, 0.15) is 50.5 Å². The zero-order valence-corrected chi connectivity index (χ0v) is 19.3. The second-order valence-electron chi connectivity index (χ2n) is 8.34. The molecule has 0 spiro atoms. The third kappa shape index (κ3) is 5.22. The summed E-state index contributed by atoms with van der Waals surface area (Å²) in [6.07, 6.45) is -0.875. The fourth-order valence-corrected chi connectivity index (χ4v) is 3.50. The minimum Gasteiger partial charge on any atom is -0.449 e. The number of hydrogen-bond acceptors (Lipinski definition) is 6. The van der Waals surface area contributed by atoms with E-state index >= 15 is 0 Å². The second kappa shape index (κ2) is 9.77. The molecule has 0 aliphatic heterocycles. The van der Waals surface area contributed by atoms with Gasteiger partial charge in [0.05, 0.1) is 5.56 Å². The monoisotopic (exact) mass is 435 g/mol. The Morgan fingerprint density at radius 3 is 1.75 bits per heavy atom. The van der Waals surface area contributed by atoms with Gasteiger partial charge >= 0.3 is 5.97 Å². The first kappa shape index (κ1) is 23.2. The van der Waals surface area contributed by atoms with Gasteiger partial charge in [0.25, 0.3) is 5.91 Å². The van der Waals surface area contributed by atoms with E-state index in [1.165, 1.54) is 0 Å². The molecular weight excluding hydrogens is 406 g/mol. The van der Waals surface area contributed by atoms with E-state index in [2.05, 4.69) is 10.2 Å². The molecule has 0 radical (unpaired) electrons. The van der Waals surface area contributed by atoms with Gasteiger partial charge in [0.1, 0.15) is 0 Å². The third-order valence-electron chi connectivity index (χ3n) is 5.09. The number of amides is 1. The van der Waals surface area contributed by atoms with E-state index in [-0.39, 0.29) is 18.0 Å². The first-order valence-corrected chi connectivity index (χ1v) is 10.7. The first-order chi connectivity index (χ1) is 15.2. The highest BCUT2D eigenvalue weighted by Gasteiger charge is 2.28. The Morgan fingerprint density at radius 1 is 0.812 bits per heavy atom. The van der Waals surface area contributed by atoms with Crippen molar-refractivity contribution in [3.05, 3.63) is 59.7 Å².